The van der Waals surface area contributed by atoms with Gasteiger partial charge in [-0.1, -0.05) is 42.1 Å². The lowest BCUT2D eigenvalue weighted by Crippen LogP contribution is -2.56. The normalized spacial score (nSPS) is 32.1. The van der Waals surface area contributed by atoms with Gasteiger partial charge in [-0.25, -0.2) is 0 Å². The van der Waals surface area contributed by atoms with Crippen molar-refractivity contribution >= 4 is 23.2 Å². The third kappa shape index (κ3) is 2.40. The third-order valence-electron chi connectivity index (χ3n) is 4.50. The minimum atomic E-state index is 0.0828. The van der Waals surface area contributed by atoms with Gasteiger partial charge in [0.1, 0.15) is 0 Å². The van der Waals surface area contributed by atoms with E-state index in [4.69, 9.17) is 27.9 Å². The largest absolute Gasteiger partial charge is 0.362 e. The first-order valence-electron chi connectivity index (χ1n) is 6.87. The van der Waals surface area contributed by atoms with E-state index in [1.54, 1.807) is 0 Å². The maximum atomic E-state index is 6.21. The Kier molecular flexibility index (Phi) is 3.78. The molecule has 0 aromatic heterocycles. The zero-order valence-corrected chi connectivity index (χ0v) is 12.7. The highest BCUT2D eigenvalue weighted by molar-refractivity contribution is 6.42. The summed E-state index contributed by atoms with van der Waals surface area (Å²) in [5, 5.41) is 1.27. The predicted octanol–water partition coefficient (Wildman–Crippen LogP) is 4.09. The summed E-state index contributed by atoms with van der Waals surface area (Å²) in [5.74, 6) is 0. The highest BCUT2D eigenvalue weighted by atomic mass is 35.5. The molecule has 2 atom stereocenters. The Morgan fingerprint density at radius 3 is 2.89 bits per heavy atom. The molecule has 0 amide bonds. The molecule has 1 aromatic rings. The smallest absolute Gasteiger partial charge is 0.0992 e. The van der Waals surface area contributed by atoms with Gasteiger partial charge in [0.15, 0.2) is 0 Å². The van der Waals surface area contributed by atoms with Crippen molar-refractivity contribution in [3.8, 4) is 0 Å². The zero-order valence-electron chi connectivity index (χ0n) is 11.2. The van der Waals surface area contributed by atoms with Crippen LogP contribution in [0.3, 0.4) is 0 Å². The molecule has 0 N–H and O–H groups in total. The molecule has 1 aliphatic heterocycles. The molecule has 2 nitrogen and oxygen atoms in total. The number of benzene rings is 1. The Bertz CT molecular complexity index is 479. The standard InChI is InChI=1S/C15H19Cl2NO/c1-18-9-15(7-3-2-4-14(15)19-10-18)11-5-6-12(16)13(17)8-11/h5-6,8,14H,2-4,7,9-10H2,1H3/t14-,15?/m0/s1. The minimum absolute atomic E-state index is 0.0828. The van der Waals surface area contributed by atoms with E-state index in [1.165, 1.54) is 24.8 Å². The Morgan fingerprint density at radius 2 is 2.11 bits per heavy atom. The van der Waals surface area contributed by atoms with Gasteiger partial charge in [0, 0.05) is 12.0 Å². The van der Waals surface area contributed by atoms with Crippen LogP contribution in [0.5, 0.6) is 0 Å². The summed E-state index contributed by atoms with van der Waals surface area (Å²) in [7, 11) is 2.12. The number of likely N-dealkylation sites (N-methyl/N-ethyl adjacent to an activating group) is 1. The summed E-state index contributed by atoms with van der Waals surface area (Å²) >= 11 is 12.3. The van der Waals surface area contributed by atoms with Crippen LogP contribution in [0.2, 0.25) is 10.0 Å². The number of hydrogen-bond acceptors (Lipinski definition) is 2. The summed E-state index contributed by atoms with van der Waals surface area (Å²) in [6, 6.07) is 6.06. The van der Waals surface area contributed by atoms with Gasteiger partial charge >= 0.3 is 0 Å². The Morgan fingerprint density at radius 1 is 1.26 bits per heavy atom. The topological polar surface area (TPSA) is 12.5 Å². The molecule has 0 spiro atoms. The average Bonchev–Trinajstić information content (AvgIpc) is 2.41. The molecular formula is C15H19Cl2NO. The molecule has 2 aliphatic rings. The van der Waals surface area contributed by atoms with Gasteiger partial charge in [-0.2, -0.15) is 0 Å². The highest BCUT2D eigenvalue weighted by Crippen LogP contribution is 2.45. The number of halogens is 2. The fourth-order valence-corrected chi connectivity index (χ4v) is 3.90. The van der Waals surface area contributed by atoms with E-state index in [9.17, 15) is 0 Å². The first kappa shape index (κ1) is 13.7. The summed E-state index contributed by atoms with van der Waals surface area (Å²) in [6.07, 6.45) is 5.15. The van der Waals surface area contributed by atoms with Gasteiger partial charge in [-0.05, 0) is 37.6 Å². The molecule has 3 rings (SSSR count). The van der Waals surface area contributed by atoms with Crippen LogP contribution >= 0.6 is 23.2 Å². The molecular weight excluding hydrogens is 281 g/mol. The van der Waals surface area contributed by atoms with Crippen LogP contribution in [0.15, 0.2) is 18.2 Å². The molecule has 4 heteroatoms. The van der Waals surface area contributed by atoms with E-state index in [-0.39, 0.29) is 5.41 Å². The molecule has 0 radical (unpaired) electrons. The number of nitrogens with zero attached hydrogens (tertiary/aromatic N) is 1. The molecule has 1 saturated heterocycles. The lowest BCUT2D eigenvalue weighted by molar-refractivity contribution is -0.125. The van der Waals surface area contributed by atoms with Crippen molar-refractivity contribution in [3.63, 3.8) is 0 Å². The quantitative estimate of drug-likeness (QED) is 0.774. The fourth-order valence-electron chi connectivity index (χ4n) is 3.60. The number of fused-ring (bicyclic) bond motifs is 1. The van der Waals surface area contributed by atoms with Crippen LogP contribution in [0.25, 0.3) is 0 Å². The van der Waals surface area contributed by atoms with Crippen molar-refractivity contribution < 1.29 is 4.74 Å². The maximum Gasteiger partial charge on any atom is 0.0992 e. The molecule has 19 heavy (non-hydrogen) atoms. The summed E-state index contributed by atoms with van der Waals surface area (Å²) in [6.45, 7) is 1.77. The molecule has 1 heterocycles. The molecule has 1 unspecified atom stereocenters. The number of ether oxygens (including phenoxy) is 1. The first-order valence-corrected chi connectivity index (χ1v) is 7.63. The van der Waals surface area contributed by atoms with E-state index in [0.717, 1.165) is 19.7 Å². The number of hydrogen-bond donors (Lipinski definition) is 0. The van der Waals surface area contributed by atoms with Crippen molar-refractivity contribution in [1.82, 2.24) is 4.90 Å². The van der Waals surface area contributed by atoms with Crippen LogP contribution in [0.1, 0.15) is 31.2 Å². The zero-order chi connectivity index (χ0) is 13.5. The maximum absolute atomic E-state index is 6.21. The Hall–Kier alpha value is -0.280. The van der Waals surface area contributed by atoms with E-state index in [2.05, 4.69) is 18.0 Å². The second-order valence-corrected chi connectivity index (χ2v) is 6.64. The number of rotatable bonds is 1. The first-order chi connectivity index (χ1) is 9.12. The van der Waals surface area contributed by atoms with Gasteiger partial charge in [0.25, 0.3) is 0 Å². The van der Waals surface area contributed by atoms with Crippen LogP contribution in [0, 0.1) is 0 Å². The lowest BCUT2D eigenvalue weighted by Gasteiger charge is -2.50. The Balaban J connectivity index is 2.02. The lowest BCUT2D eigenvalue weighted by atomic mass is 9.66. The monoisotopic (exact) mass is 299 g/mol. The van der Waals surface area contributed by atoms with Gasteiger partial charge in [-0.15, -0.1) is 0 Å². The van der Waals surface area contributed by atoms with E-state index >= 15 is 0 Å². The van der Waals surface area contributed by atoms with Crippen molar-refractivity contribution in [2.45, 2.75) is 37.2 Å². The fraction of sp³-hybridized carbons (Fsp3) is 0.600. The summed E-state index contributed by atoms with van der Waals surface area (Å²) in [5.41, 5.74) is 1.36. The van der Waals surface area contributed by atoms with Crippen LogP contribution in [-0.4, -0.2) is 31.3 Å². The van der Waals surface area contributed by atoms with Crippen molar-refractivity contribution in [2.75, 3.05) is 20.3 Å². The second kappa shape index (κ2) is 5.25. The van der Waals surface area contributed by atoms with Gasteiger partial charge < -0.3 is 4.74 Å². The van der Waals surface area contributed by atoms with Crippen molar-refractivity contribution in [1.29, 1.82) is 0 Å². The average molecular weight is 300 g/mol. The van der Waals surface area contributed by atoms with Gasteiger partial charge in [-0.3, -0.25) is 4.90 Å². The molecule has 1 aliphatic carbocycles. The molecule has 2 fully saturated rings. The molecule has 0 bridgehead atoms. The third-order valence-corrected chi connectivity index (χ3v) is 5.24. The van der Waals surface area contributed by atoms with Crippen LogP contribution < -0.4 is 0 Å². The van der Waals surface area contributed by atoms with E-state index < -0.39 is 0 Å². The van der Waals surface area contributed by atoms with Gasteiger partial charge in [0.2, 0.25) is 0 Å². The SMILES string of the molecule is CN1CO[C@H]2CCCCC2(c2ccc(Cl)c(Cl)c2)C1. The van der Waals surface area contributed by atoms with Gasteiger partial charge in [0.05, 0.1) is 22.9 Å². The van der Waals surface area contributed by atoms with Crippen molar-refractivity contribution in [2.24, 2.45) is 0 Å². The van der Waals surface area contributed by atoms with Crippen LogP contribution in [0.4, 0.5) is 0 Å². The predicted molar refractivity (Wildman–Crippen MR) is 79.0 cm³/mol. The second-order valence-electron chi connectivity index (χ2n) is 5.83. The Labute approximate surface area is 124 Å². The highest BCUT2D eigenvalue weighted by Gasteiger charge is 2.46. The van der Waals surface area contributed by atoms with E-state index in [0.29, 0.717) is 16.1 Å². The molecule has 1 aromatic carbocycles. The van der Waals surface area contributed by atoms with Crippen LogP contribution in [-0.2, 0) is 10.2 Å². The summed E-state index contributed by atoms with van der Waals surface area (Å²) < 4.78 is 6.07. The molecule has 104 valence electrons. The summed E-state index contributed by atoms with van der Waals surface area (Å²) in [4.78, 5) is 2.25. The molecule has 1 saturated carbocycles. The van der Waals surface area contributed by atoms with E-state index in [1.807, 2.05) is 12.1 Å². The minimum Gasteiger partial charge on any atom is -0.362 e. The van der Waals surface area contributed by atoms with Crippen molar-refractivity contribution in [3.05, 3.63) is 33.8 Å².